The molecule has 1 N–H and O–H groups in total. The summed E-state index contributed by atoms with van der Waals surface area (Å²) in [6.45, 7) is 19.0. The van der Waals surface area contributed by atoms with E-state index in [9.17, 15) is 26.0 Å². The first kappa shape index (κ1) is 56.0. The molecule has 0 saturated heterocycles. The number of hydrogen-bond acceptors (Lipinski definition) is 8. The maximum Gasteiger partial charge on any atom is 1.00 e. The quantitative estimate of drug-likeness (QED) is 0.0814. The summed E-state index contributed by atoms with van der Waals surface area (Å²) in [5, 5.41) is 1.07. The predicted molar refractivity (Wildman–Crippen MR) is 270 cm³/mol. The van der Waals surface area contributed by atoms with Crippen LogP contribution in [0.1, 0.15) is 89.7 Å². The Balaban J connectivity index is 0.000000269. The van der Waals surface area contributed by atoms with Crippen LogP contribution in [0, 0.1) is 19.8 Å². The number of nitrogens with zero attached hydrogens (tertiary/aromatic N) is 1. The van der Waals surface area contributed by atoms with Crippen LogP contribution in [0.4, 0.5) is 0 Å². The minimum absolute atomic E-state index is 0. The van der Waals surface area contributed by atoms with E-state index < -0.39 is 52.2 Å². The second-order valence-corrected chi connectivity index (χ2v) is 27.4. The predicted octanol–water partition coefficient (Wildman–Crippen LogP) is 10.4. The summed E-state index contributed by atoms with van der Waals surface area (Å²) in [6.07, 6.45) is 0. The van der Waals surface area contributed by atoms with Gasteiger partial charge in [0.05, 0.1) is 26.3 Å². The Morgan fingerprint density at radius 2 is 1.22 bits per heavy atom. The van der Waals surface area contributed by atoms with Gasteiger partial charge in [0.15, 0.2) is 0 Å². The minimum atomic E-state index is -4.14. The zero-order valence-electron chi connectivity index (χ0n) is 39.7. The van der Waals surface area contributed by atoms with Gasteiger partial charge in [0, 0.05) is 32.5 Å². The monoisotopic (exact) mass is 1020 g/mol. The fourth-order valence-corrected chi connectivity index (χ4v) is 15.5. The van der Waals surface area contributed by atoms with Crippen molar-refractivity contribution in [2.75, 3.05) is 0 Å². The molecular formula is C50H57Cl2LiN2O8P2S2. The third-order valence-corrected chi connectivity index (χ3v) is 20.6. The van der Waals surface area contributed by atoms with Crippen LogP contribution in [0.2, 0.25) is 10.0 Å². The molecule has 0 amide bonds. The van der Waals surface area contributed by atoms with E-state index in [1.54, 1.807) is 129 Å². The first-order chi connectivity index (χ1) is 30.8. The number of sulfonamides is 2. The molecule has 0 saturated carbocycles. The Morgan fingerprint density at radius 1 is 0.746 bits per heavy atom. The van der Waals surface area contributed by atoms with Crippen LogP contribution in [0.15, 0.2) is 155 Å². The van der Waals surface area contributed by atoms with Crippen molar-refractivity contribution >= 4 is 68.7 Å². The van der Waals surface area contributed by atoms with Crippen LogP contribution in [-0.4, -0.2) is 26.1 Å². The van der Waals surface area contributed by atoms with Crippen LogP contribution in [0.5, 0.6) is 11.5 Å². The summed E-state index contributed by atoms with van der Waals surface area (Å²) in [4.78, 5) is 0.217. The molecule has 67 heavy (non-hydrogen) atoms. The van der Waals surface area contributed by atoms with E-state index in [1.807, 2.05) is 52.8 Å². The molecule has 17 heteroatoms. The Bertz CT molecular complexity index is 2940. The van der Waals surface area contributed by atoms with E-state index >= 15 is 0 Å². The van der Waals surface area contributed by atoms with Crippen molar-refractivity contribution < 1.29 is 53.9 Å². The van der Waals surface area contributed by atoms with Crippen molar-refractivity contribution in [1.82, 2.24) is 8.80 Å². The third-order valence-electron chi connectivity index (χ3n) is 10.2. The average Bonchev–Trinajstić information content (AvgIpc) is 3.25. The number of benzene rings is 6. The van der Waals surface area contributed by atoms with Crippen LogP contribution < -0.4 is 43.2 Å². The van der Waals surface area contributed by atoms with Gasteiger partial charge in [-0.05, 0) is 133 Å². The zero-order chi connectivity index (χ0) is 48.8. The smallest absolute Gasteiger partial charge is 0.439 e. The molecule has 1 aliphatic rings. The molecule has 4 atom stereocenters. The van der Waals surface area contributed by atoms with Gasteiger partial charge < -0.3 is 15.0 Å². The van der Waals surface area contributed by atoms with Crippen molar-refractivity contribution in [2.45, 2.75) is 96.3 Å². The van der Waals surface area contributed by atoms with E-state index in [1.165, 1.54) is 18.1 Å². The maximum atomic E-state index is 14.2. The summed E-state index contributed by atoms with van der Waals surface area (Å²) < 4.78 is 97.4. The fraction of sp³-hybridized carbons (Fsp3) is 0.260. The fourth-order valence-electron chi connectivity index (χ4n) is 6.76. The van der Waals surface area contributed by atoms with Gasteiger partial charge in [0.1, 0.15) is 11.5 Å². The molecule has 6 aromatic carbocycles. The molecule has 0 fully saturated rings. The number of aryl methyl sites for hydroxylation is 2. The van der Waals surface area contributed by atoms with Gasteiger partial charge in [-0.3, -0.25) is 9.13 Å². The molecule has 1 heterocycles. The van der Waals surface area contributed by atoms with Gasteiger partial charge in [-0.2, -0.15) is 20.8 Å². The van der Waals surface area contributed by atoms with Crippen molar-refractivity contribution in [3.63, 3.8) is 0 Å². The van der Waals surface area contributed by atoms with Gasteiger partial charge in [0.25, 0.3) is 17.4 Å². The molecular weight excluding hydrogens is 960 g/mol. The first-order valence-electron chi connectivity index (χ1n) is 21.1. The number of nitrogens with one attached hydrogen (secondary N) is 1. The van der Waals surface area contributed by atoms with Gasteiger partial charge >= 0.3 is 26.4 Å². The summed E-state index contributed by atoms with van der Waals surface area (Å²) in [5.74, 6) is 2.10. The second-order valence-electron chi connectivity index (χ2n) is 17.4. The zero-order valence-corrected chi connectivity index (χ0v) is 44.6. The minimum Gasteiger partial charge on any atom is -0.439 e. The standard InChI is InChI=1S/C25H29ClNO4PS.C21H19ClNO4PS.C4H9.Li/c1-18-11-14-22(15-12-18)33(29,30)27-19(2)23-17-20(26)13-16-24(23)31-32(28,25(3,4)5)21-9-7-6-8-10-21;1-15-8-11-19(12-9-15)29(25,26)23-16(2)20-14-17(22)10-13-21(20)27-28(23,24)18-6-4-3-5-7-18;1-4(2)3;/h6-17,19,27H,1-5H3;3-14,16H,1-2H3;1-3H3;/q;;-1;+1/t19-,32+;16-,28-;;/m11../s1. The molecule has 1 aliphatic heterocycles. The largest absolute Gasteiger partial charge is 1.00 e. The van der Waals surface area contributed by atoms with E-state index in [0.717, 1.165) is 15.2 Å². The molecule has 0 aliphatic carbocycles. The molecule has 7 rings (SSSR count). The van der Waals surface area contributed by atoms with E-state index in [-0.39, 0.29) is 28.7 Å². The summed E-state index contributed by atoms with van der Waals surface area (Å²) in [6, 6.07) is 38.9. The van der Waals surface area contributed by atoms with Gasteiger partial charge in [-0.25, -0.2) is 21.6 Å². The van der Waals surface area contributed by atoms with E-state index in [4.69, 9.17) is 32.2 Å². The number of rotatable bonds is 10. The summed E-state index contributed by atoms with van der Waals surface area (Å²) in [5.41, 5.74) is 2.95. The van der Waals surface area contributed by atoms with E-state index in [0.29, 0.717) is 43.3 Å². The molecule has 0 bridgehead atoms. The number of hydrogen-bond donors (Lipinski definition) is 1. The number of fused-ring (bicyclic) bond motifs is 1. The number of halogens is 2. The van der Waals surface area contributed by atoms with E-state index in [2.05, 4.69) is 25.5 Å². The molecule has 0 spiro atoms. The average molecular weight is 1020 g/mol. The topological polar surface area (TPSA) is 136 Å². The van der Waals surface area contributed by atoms with Crippen molar-refractivity contribution in [3.8, 4) is 11.5 Å². The van der Waals surface area contributed by atoms with Gasteiger partial charge in [-0.1, -0.05) is 95.0 Å². The van der Waals surface area contributed by atoms with Crippen molar-refractivity contribution in [2.24, 2.45) is 0 Å². The molecule has 352 valence electrons. The Morgan fingerprint density at radius 3 is 1.75 bits per heavy atom. The first-order valence-corrected chi connectivity index (χ1v) is 27.9. The van der Waals surface area contributed by atoms with Crippen LogP contribution >= 0.6 is 38.1 Å². The summed E-state index contributed by atoms with van der Waals surface area (Å²) in [7, 11) is -15.3. The van der Waals surface area contributed by atoms with Crippen LogP contribution in [0.3, 0.4) is 0 Å². The second kappa shape index (κ2) is 22.9. The Labute approximate surface area is 420 Å². The Kier molecular flexibility index (Phi) is 19.1. The molecule has 0 radical (unpaired) electrons. The molecule has 0 aromatic heterocycles. The van der Waals surface area contributed by atoms with Gasteiger partial charge in [-0.15, -0.1) is 4.08 Å². The van der Waals surface area contributed by atoms with Crippen molar-refractivity contribution in [3.05, 3.63) is 184 Å². The van der Waals surface area contributed by atoms with Crippen molar-refractivity contribution in [1.29, 1.82) is 0 Å². The normalized spacial score (nSPS) is 17.4. The summed E-state index contributed by atoms with van der Waals surface area (Å²) >= 11 is 12.4. The van der Waals surface area contributed by atoms with Crippen LogP contribution in [-0.2, 0) is 29.2 Å². The Hall–Kier alpha value is -3.62. The van der Waals surface area contributed by atoms with Gasteiger partial charge in [0.2, 0.25) is 10.0 Å². The molecule has 6 aromatic rings. The molecule has 10 nitrogen and oxygen atoms in total. The van der Waals surface area contributed by atoms with Crippen LogP contribution in [0.25, 0.3) is 0 Å². The third kappa shape index (κ3) is 13.4. The molecule has 0 unspecified atom stereocenters. The maximum absolute atomic E-state index is 14.2. The SMILES string of the molecule is C[C-](C)C.Cc1ccc(S(=O)(=O)N2[C@H](C)c3cc(Cl)ccc3O[P@]2(=O)c2ccccc2)cc1.Cc1ccc(S(=O)(=O)N[C@H](C)c2cc(Cl)ccc2O[P@@](=O)(c2ccccc2)C(C)(C)C)cc1.[Li+].